The fraction of sp³-hybridized carbons (Fsp3) is 0.200. The van der Waals surface area contributed by atoms with Crippen molar-refractivity contribution >= 4 is 34.8 Å². The first kappa shape index (κ1) is 18.2. The van der Waals surface area contributed by atoms with E-state index in [-0.39, 0.29) is 17.5 Å². The molecule has 1 aliphatic heterocycles. The Bertz CT molecular complexity index is 1020. The summed E-state index contributed by atoms with van der Waals surface area (Å²) in [6, 6.07) is 14.9. The van der Waals surface area contributed by atoms with Gasteiger partial charge in [0.25, 0.3) is 5.91 Å². The molecular formula is C20H18ClN5O2. The number of amides is 2. The Hall–Kier alpha value is -3.19. The summed E-state index contributed by atoms with van der Waals surface area (Å²) in [6.07, 6.45) is 2.96. The highest BCUT2D eigenvalue weighted by molar-refractivity contribution is 6.34. The average Bonchev–Trinajstić information content (AvgIpc) is 3.32. The number of halogens is 1. The molecule has 3 aromatic rings. The molecule has 0 atom stereocenters. The van der Waals surface area contributed by atoms with Gasteiger partial charge in [0, 0.05) is 18.7 Å². The Morgan fingerprint density at radius 2 is 2.00 bits per heavy atom. The van der Waals surface area contributed by atoms with Crippen molar-refractivity contribution in [3.8, 4) is 0 Å². The number of benzene rings is 2. The smallest absolute Gasteiger partial charge is 0.277 e. The van der Waals surface area contributed by atoms with E-state index in [0.717, 1.165) is 12.0 Å². The molecular weight excluding hydrogens is 378 g/mol. The molecule has 28 heavy (non-hydrogen) atoms. The van der Waals surface area contributed by atoms with E-state index in [4.69, 9.17) is 11.6 Å². The van der Waals surface area contributed by atoms with Crippen LogP contribution >= 0.6 is 11.6 Å². The summed E-state index contributed by atoms with van der Waals surface area (Å²) < 4.78 is 1.61. The van der Waals surface area contributed by atoms with E-state index in [1.54, 1.807) is 34.0 Å². The molecule has 1 aliphatic rings. The lowest BCUT2D eigenvalue weighted by atomic mass is 10.2. The minimum atomic E-state index is -0.375. The van der Waals surface area contributed by atoms with Crippen LogP contribution in [0.15, 0.2) is 54.7 Å². The SMILES string of the molecule is O=C(Nc1ccc(N2CCCC2=O)c(Cl)c1)c1cn(Cc2ccccc2)nn1. The van der Waals surface area contributed by atoms with E-state index in [2.05, 4.69) is 15.6 Å². The molecule has 0 unspecified atom stereocenters. The van der Waals surface area contributed by atoms with Crippen molar-refractivity contribution in [2.45, 2.75) is 19.4 Å². The lowest BCUT2D eigenvalue weighted by molar-refractivity contribution is -0.117. The summed E-state index contributed by atoms with van der Waals surface area (Å²) in [4.78, 5) is 26.0. The summed E-state index contributed by atoms with van der Waals surface area (Å²) in [5.74, 6) is -0.311. The van der Waals surface area contributed by atoms with Gasteiger partial charge in [-0.2, -0.15) is 0 Å². The number of nitrogens with one attached hydrogen (secondary N) is 1. The van der Waals surface area contributed by atoms with Gasteiger partial charge < -0.3 is 10.2 Å². The van der Waals surface area contributed by atoms with Crippen LogP contribution in [0.3, 0.4) is 0 Å². The largest absolute Gasteiger partial charge is 0.320 e. The molecule has 0 radical (unpaired) electrons. The van der Waals surface area contributed by atoms with Crippen LogP contribution in [0.5, 0.6) is 0 Å². The zero-order valence-electron chi connectivity index (χ0n) is 15.0. The number of hydrogen-bond acceptors (Lipinski definition) is 4. The van der Waals surface area contributed by atoms with Gasteiger partial charge in [-0.05, 0) is 30.2 Å². The Morgan fingerprint density at radius 1 is 1.18 bits per heavy atom. The second-order valence-corrected chi connectivity index (χ2v) is 6.96. The molecule has 2 aromatic carbocycles. The third kappa shape index (κ3) is 3.89. The molecule has 1 N–H and O–H groups in total. The lowest BCUT2D eigenvalue weighted by Gasteiger charge is -2.18. The van der Waals surface area contributed by atoms with Gasteiger partial charge >= 0.3 is 0 Å². The van der Waals surface area contributed by atoms with Gasteiger partial charge in [-0.25, -0.2) is 4.68 Å². The fourth-order valence-corrected chi connectivity index (χ4v) is 3.43. The van der Waals surface area contributed by atoms with Gasteiger partial charge in [-0.3, -0.25) is 9.59 Å². The minimum Gasteiger partial charge on any atom is -0.320 e. The number of anilines is 2. The fourth-order valence-electron chi connectivity index (χ4n) is 3.15. The molecule has 0 bridgehead atoms. The van der Waals surface area contributed by atoms with Crippen LogP contribution in [0.4, 0.5) is 11.4 Å². The summed E-state index contributed by atoms with van der Waals surface area (Å²) >= 11 is 6.32. The van der Waals surface area contributed by atoms with Crippen molar-refractivity contribution < 1.29 is 9.59 Å². The Kier molecular flexibility index (Phi) is 5.08. The molecule has 2 amide bonds. The van der Waals surface area contributed by atoms with Gasteiger partial charge in [-0.15, -0.1) is 5.10 Å². The number of carbonyl (C=O) groups excluding carboxylic acids is 2. The predicted molar refractivity (Wildman–Crippen MR) is 107 cm³/mol. The van der Waals surface area contributed by atoms with Gasteiger partial charge in [0.05, 0.1) is 23.5 Å². The lowest BCUT2D eigenvalue weighted by Crippen LogP contribution is -2.24. The van der Waals surface area contributed by atoms with Gasteiger partial charge in [-0.1, -0.05) is 47.1 Å². The number of aromatic nitrogens is 3. The standard InChI is InChI=1S/C20H18ClN5O2/c21-16-11-15(8-9-18(16)26-10-4-7-19(26)27)22-20(28)17-13-25(24-23-17)12-14-5-2-1-3-6-14/h1-3,5-6,8-9,11,13H,4,7,10,12H2,(H,22,28). The Balaban J connectivity index is 1.44. The summed E-state index contributed by atoms with van der Waals surface area (Å²) in [7, 11) is 0. The van der Waals surface area contributed by atoms with Crippen molar-refractivity contribution in [3.63, 3.8) is 0 Å². The van der Waals surface area contributed by atoms with Crippen LogP contribution in [0.1, 0.15) is 28.9 Å². The number of carbonyl (C=O) groups is 2. The first-order valence-corrected chi connectivity index (χ1v) is 9.33. The van der Waals surface area contributed by atoms with Gasteiger partial charge in [0.1, 0.15) is 0 Å². The van der Waals surface area contributed by atoms with Gasteiger partial charge in [0.2, 0.25) is 5.91 Å². The summed E-state index contributed by atoms with van der Waals surface area (Å²) in [6.45, 7) is 1.19. The van der Waals surface area contributed by atoms with Crippen LogP contribution in [0.2, 0.25) is 5.02 Å². The third-order valence-corrected chi connectivity index (χ3v) is 4.83. The van der Waals surface area contributed by atoms with Crippen LogP contribution in [-0.2, 0) is 11.3 Å². The van der Waals surface area contributed by atoms with Crippen LogP contribution < -0.4 is 10.2 Å². The number of hydrogen-bond donors (Lipinski definition) is 1. The third-order valence-electron chi connectivity index (χ3n) is 4.53. The van der Waals surface area contributed by atoms with E-state index in [0.29, 0.717) is 35.9 Å². The second-order valence-electron chi connectivity index (χ2n) is 6.56. The normalized spacial score (nSPS) is 13.8. The van der Waals surface area contributed by atoms with E-state index >= 15 is 0 Å². The van der Waals surface area contributed by atoms with Crippen LogP contribution in [0, 0.1) is 0 Å². The van der Waals surface area contributed by atoms with E-state index in [9.17, 15) is 9.59 Å². The van der Waals surface area contributed by atoms with E-state index in [1.165, 1.54) is 0 Å². The molecule has 4 rings (SSSR count). The van der Waals surface area contributed by atoms with Crippen molar-refractivity contribution in [2.24, 2.45) is 0 Å². The Labute approximate surface area is 166 Å². The number of rotatable bonds is 5. The van der Waals surface area contributed by atoms with Crippen LogP contribution in [-0.4, -0.2) is 33.4 Å². The first-order chi connectivity index (χ1) is 13.6. The maximum atomic E-state index is 12.4. The van der Waals surface area contributed by atoms with Crippen LogP contribution in [0.25, 0.3) is 0 Å². The average molecular weight is 396 g/mol. The monoisotopic (exact) mass is 395 g/mol. The predicted octanol–water partition coefficient (Wildman–Crippen LogP) is 3.36. The molecule has 0 spiro atoms. The molecule has 7 nitrogen and oxygen atoms in total. The molecule has 1 saturated heterocycles. The minimum absolute atomic E-state index is 0.0636. The molecule has 0 aliphatic carbocycles. The quantitative estimate of drug-likeness (QED) is 0.718. The molecule has 0 saturated carbocycles. The molecule has 142 valence electrons. The summed E-state index contributed by atoms with van der Waals surface area (Å²) in [5, 5.41) is 11.1. The zero-order valence-corrected chi connectivity index (χ0v) is 15.8. The van der Waals surface area contributed by atoms with E-state index in [1.807, 2.05) is 30.3 Å². The first-order valence-electron chi connectivity index (χ1n) is 8.95. The van der Waals surface area contributed by atoms with Crippen molar-refractivity contribution in [1.29, 1.82) is 0 Å². The van der Waals surface area contributed by atoms with E-state index < -0.39 is 0 Å². The number of nitrogens with zero attached hydrogens (tertiary/aromatic N) is 4. The van der Waals surface area contributed by atoms with Crippen molar-refractivity contribution in [3.05, 3.63) is 71.0 Å². The zero-order chi connectivity index (χ0) is 19.5. The summed E-state index contributed by atoms with van der Waals surface area (Å²) in [5.41, 5.74) is 2.48. The molecule has 1 aromatic heterocycles. The highest BCUT2D eigenvalue weighted by Gasteiger charge is 2.23. The molecule has 1 fully saturated rings. The highest BCUT2D eigenvalue weighted by Crippen LogP contribution is 2.31. The molecule has 2 heterocycles. The topological polar surface area (TPSA) is 80.1 Å². The van der Waals surface area contributed by atoms with Gasteiger partial charge in [0.15, 0.2) is 5.69 Å². The highest BCUT2D eigenvalue weighted by atomic mass is 35.5. The maximum absolute atomic E-state index is 12.4. The maximum Gasteiger partial charge on any atom is 0.277 e. The second kappa shape index (κ2) is 7.82. The Morgan fingerprint density at radius 3 is 2.71 bits per heavy atom. The molecule has 8 heteroatoms. The van der Waals surface area contributed by atoms with Crippen molar-refractivity contribution in [2.75, 3.05) is 16.8 Å². The van der Waals surface area contributed by atoms with Crippen molar-refractivity contribution in [1.82, 2.24) is 15.0 Å².